The van der Waals surface area contributed by atoms with Gasteiger partial charge in [0.2, 0.25) is 0 Å². The number of carbonyl (C=O) groups excluding carboxylic acids is 1. The highest BCUT2D eigenvalue weighted by atomic mass is 19.1. The quantitative estimate of drug-likeness (QED) is 0.649. The normalized spacial score (nSPS) is 11.8. The number of hydrogen-bond acceptors (Lipinski definition) is 2. The molecule has 0 fully saturated rings. The van der Waals surface area contributed by atoms with Gasteiger partial charge in [-0.05, 0) is 31.2 Å². The molecule has 0 aliphatic carbocycles. The van der Waals surface area contributed by atoms with Crippen LogP contribution in [-0.2, 0) is 0 Å². The van der Waals surface area contributed by atoms with E-state index in [1.54, 1.807) is 0 Å². The van der Waals surface area contributed by atoms with Crippen LogP contribution in [0, 0.1) is 23.1 Å². The summed E-state index contributed by atoms with van der Waals surface area (Å²) in [5.41, 5.74) is 0.371. The Bertz CT molecular complexity index is 350. The van der Waals surface area contributed by atoms with Crippen molar-refractivity contribution in [3.63, 3.8) is 0 Å². The van der Waals surface area contributed by atoms with Crippen LogP contribution in [0.5, 0.6) is 0 Å². The topological polar surface area (TPSA) is 40.9 Å². The monoisotopic (exact) mass is 177 g/mol. The minimum Gasteiger partial charge on any atom is -0.293 e. The highest BCUT2D eigenvalue weighted by Crippen LogP contribution is 2.08. The molecule has 0 spiro atoms. The van der Waals surface area contributed by atoms with Crippen molar-refractivity contribution in [3.8, 4) is 6.07 Å². The number of ketones is 1. The second-order valence-electron chi connectivity index (χ2n) is 2.72. The fraction of sp³-hybridized carbons (Fsp3) is 0.200. The molecule has 1 atom stereocenters. The van der Waals surface area contributed by atoms with E-state index in [4.69, 9.17) is 5.26 Å². The molecule has 0 bridgehead atoms. The summed E-state index contributed by atoms with van der Waals surface area (Å²) in [5, 5.41) is 8.48. The Hall–Kier alpha value is -1.69. The molecular formula is C10H8FNO. The van der Waals surface area contributed by atoms with E-state index in [1.807, 2.05) is 6.07 Å². The maximum atomic E-state index is 12.5. The molecule has 2 nitrogen and oxygen atoms in total. The molecular weight excluding hydrogens is 169 g/mol. The van der Waals surface area contributed by atoms with E-state index in [9.17, 15) is 9.18 Å². The van der Waals surface area contributed by atoms with E-state index in [1.165, 1.54) is 31.2 Å². The Labute approximate surface area is 75.6 Å². The maximum absolute atomic E-state index is 12.5. The molecule has 0 aliphatic heterocycles. The van der Waals surface area contributed by atoms with E-state index in [0.29, 0.717) is 5.56 Å². The zero-order valence-corrected chi connectivity index (χ0v) is 7.12. The van der Waals surface area contributed by atoms with Crippen LogP contribution in [0.3, 0.4) is 0 Å². The molecule has 1 aromatic carbocycles. The Morgan fingerprint density at radius 2 is 2.00 bits per heavy atom. The predicted octanol–water partition coefficient (Wildman–Crippen LogP) is 2.17. The fourth-order valence-electron chi connectivity index (χ4n) is 0.923. The lowest BCUT2D eigenvalue weighted by Crippen LogP contribution is -2.08. The Balaban J connectivity index is 2.91. The van der Waals surface area contributed by atoms with E-state index < -0.39 is 5.92 Å². The van der Waals surface area contributed by atoms with Gasteiger partial charge < -0.3 is 0 Å². The summed E-state index contributed by atoms with van der Waals surface area (Å²) < 4.78 is 12.5. The van der Waals surface area contributed by atoms with Crippen molar-refractivity contribution < 1.29 is 9.18 Å². The van der Waals surface area contributed by atoms with Crippen molar-refractivity contribution in [2.45, 2.75) is 6.92 Å². The van der Waals surface area contributed by atoms with Gasteiger partial charge in [0.1, 0.15) is 11.7 Å². The minimum absolute atomic E-state index is 0.275. The number of halogens is 1. The van der Waals surface area contributed by atoms with Gasteiger partial charge in [-0.25, -0.2) is 4.39 Å². The number of Topliss-reactive ketones (excluding diaryl/α,β-unsaturated/α-hetero) is 1. The number of rotatable bonds is 2. The van der Waals surface area contributed by atoms with Crippen LogP contribution in [0.2, 0.25) is 0 Å². The summed E-state index contributed by atoms with van der Waals surface area (Å²) in [5.74, 6) is -1.34. The first-order chi connectivity index (χ1) is 6.15. The number of nitrogens with zero attached hydrogens (tertiary/aromatic N) is 1. The van der Waals surface area contributed by atoms with Gasteiger partial charge in [-0.3, -0.25) is 4.79 Å². The van der Waals surface area contributed by atoms with Crippen LogP contribution in [0.25, 0.3) is 0 Å². The highest BCUT2D eigenvalue weighted by Gasteiger charge is 2.13. The van der Waals surface area contributed by atoms with Crippen molar-refractivity contribution >= 4 is 5.78 Å². The summed E-state index contributed by atoms with van der Waals surface area (Å²) >= 11 is 0. The molecule has 0 unspecified atom stereocenters. The SMILES string of the molecule is C[C@@H](C#N)C(=O)c1ccc(F)cc1. The Kier molecular flexibility index (Phi) is 2.76. The molecule has 0 saturated carbocycles. The van der Waals surface area contributed by atoms with Gasteiger partial charge in [-0.1, -0.05) is 0 Å². The summed E-state index contributed by atoms with van der Waals surface area (Å²) in [6.45, 7) is 1.52. The Morgan fingerprint density at radius 1 is 1.46 bits per heavy atom. The van der Waals surface area contributed by atoms with Crippen molar-refractivity contribution in [3.05, 3.63) is 35.6 Å². The van der Waals surface area contributed by atoms with Crippen LogP contribution in [-0.4, -0.2) is 5.78 Å². The third kappa shape index (κ3) is 2.12. The first-order valence-electron chi connectivity index (χ1n) is 3.84. The number of carbonyl (C=O) groups is 1. The lowest BCUT2D eigenvalue weighted by Gasteiger charge is -2.00. The molecule has 0 aliphatic rings. The summed E-state index contributed by atoms with van der Waals surface area (Å²) in [6.07, 6.45) is 0. The summed E-state index contributed by atoms with van der Waals surface area (Å²) in [4.78, 5) is 11.3. The first kappa shape index (κ1) is 9.40. The van der Waals surface area contributed by atoms with Gasteiger partial charge in [0.05, 0.1) is 6.07 Å². The van der Waals surface area contributed by atoms with Gasteiger partial charge in [0.15, 0.2) is 5.78 Å². The molecule has 13 heavy (non-hydrogen) atoms. The molecule has 0 N–H and O–H groups in total. The lowest BCUT2D eigenvalue weighted by molar-refractivity contribution is 0.0956. The highest BCUT2D eigenvalue weighted by molar-refractivity contribution is 5.99. The van der Waals surface area contributed by atoms with Crippen molar-refractivity contribution in [1.82, 2.24) is 0 Å². The van der Waals surface area contributed by atoms with Crippen molar-refractivity contribution in [2.24, 2.45) is 5.92 Å². The van der Waals surface area contributed by atoms with Gasteiger partial charge in [0, 0.05) is 5.56 Å². The average molecular weight is 177 g/mol. The molecule has 3 heteroatoms. The molecule has 0 saturated heterocycles. The molecule has 1 rings (SSSR count). The van der Waals surface area contributed by atoms with Gasteiger partial charge in [-0.15, -0.1) is 0 Å². The van der Waals surface area contributed by atoms with Crippen LogP contribution < -0.4 is 0 Å². The minimum atomic E-state index is -0.675. The average Bonchev–Trinajstić information content (AvgIpc) is 2.17. The molecule has 0 radical (unpaired) electrons. The second kappa shape index (κ2) is 3.81. The van der Waals surface area contributed by atoms with Gasteiger partial charge in [0.25, 0.3) is 0 Å². The van der Waals surface area contributed by atoms with E-state index in [-0.39, 0.29) is 11.6 Å². The third-order valence-electron chi connectivity index (χ3n) is 1.72. The van der Waals surface area contributed by atoms with E-state index in [2.05, 4.69) is 0 Å². The zero-order valence-electron chi connectivity index (χ0n) is 7.12. The van der Waals surface area contributed by atoms with Gasteiger partial charge >= 0.3 is 0 Å². The van der Waals surface area contributed by atoms with Crippen LogP contribution in [0.4, 0.5) is 4.39 Å². The van der Waals surface area contributed by atoms with Crippen LogP contribution in [0.1, 0.15) is 17.3 Å². The number of hydrogen-bond donors (Lipinski definition) is 0. The molecule has 0 aromatic heterocycles. The van der Waals surface area contributed by atoms with Gasteiger partial charge in [-0.2, -0.15) is 5.26 Å². The maximum Gasteiger partial charge on any atom is 0.179 e. The molecule has 1 aromatic rings. The zero-order chi connectivity index (χ0) is 9.84. The predicted molar refractivity (Wildman–Crippen MR) is 45.5 cm³/mol. The number of nitriles is 1. The second-order valence-corrected chi connectivity index (χ2v) is 2.72. The molecule has 66 valence electrons. The van der Waals surface area contributed by atoms with E-state index in [0.717, 1.165) is 0 Å². The van der Waals surface area contributed by atoms with Crippen LogP contribution in [0.15, 0.2) is 24.3 Å². The van der Waals surface area contributed by atoms with Crippen molar-refractivity contribution in [2.75, 3.05) is 0 Å². The number of benzene rings is 1. The Morgan fingerprint density at radius 3 is 2.46 bits per heavy atom. The summed E-state index contributed by atoms with van der Waals surface area (Å²) in [7, 11) is 0. The standard InChI is InChI=1S/C10H8FNO/c1-7(6-12)10(13)8-2-4-9(11)5-3-8/h2-5,7H,1H3/t7-/m0/s1. The summed E-state index contributed by atoms with van der Waals surface area (Å²) in [6, 6.07) is 7.01. The van der Waals surface area contributed by atoms with E-state index >= 15 is 0 Å². The fourth-order valence-corrected chi connectivity index (χ4v) is 0.923. The third-order valence-corrected chi connectivity index (χ3v) is 1.72. The largest absolute Gasteiger partial charge is 0.293 e. The van der Waals surface area contributed by atoms with Crippen LogP contribution >= 0.6 is 0 Å². The first-order valence-corrected chi connectivity index (χ1v) is 3.84. The van der Waals surface area contributed by atoms with Crippen molar-refractivity contribution in [1.29, 1.82) is 5.26 Å². The molecule has 0 heterocycles. The molecule has 0 amide bonds. The lowest BCUT2D eigenvalue weighted by atomic mass is 10.0. The smallest absolute Gasteiger partial charge is 0.179 e.